The van der Waals surface area contributed by atoms with E-state index in [-0.39, 0.29) is 0 Å². The number of ether oxygens (including phenoxy) is 2. The molecule has 42 heavy (non-hydrogen) atoms. The van der Waals surface area contributed by atoms with Gasteiger partial charge in [-0.1, -0.05) is 26.3 Å². The molecule has 0 fully saturated rings. The maximum Gasteiger partial charge on any atom is 0.162 e. The average molecular weight is 593 g/mol. The number of nitrogens with zero attached hydrogens (tertiary/aromatic N) is 2. The quantitative estimate of drug-likeness (QED) is 0.191. The lowest BCUT2D eigenvalue weighted by molar-refractivity contribution is 0.274. The lowest BCUT2D eigenvalue weighted by atomic mass is 9.92. The molecule has 1 aliphatic rings. The van der Waals surface area contributed by atoms with Crippen LogP contribution >= 0.6 is 11.3 Å². The van der Waals surface area contributed by atoms with Gasteiger partial charge in [-0.15, -0.1) is 24.2 Å². The molecular formula is C36H52N2O3S. The van der Waals surface area contributed by atoms with Crippen LogP contribution in [-0.2, 0) is 25.8 Å². The number of anilines is 1. The third-order valence-corrected chi connectivity index (χ3v) is 8.68. The van der Waals surface area contributed by atoms with E-state index in [9.17, 15) is 5.11 Å². The Morgan fingerprint density at radius 3 is 2.17 bits per heavy atom. The van der Waals surface area contributed by atoms with E-state index in [4.69, 9.17) is 9.47 Å². The number of aromatic hydroxyl groups is 1. The maximum atomic E-state index is 9.19. The summed E-state index contributed by atoms with van der Waals surface area (Å²) in [7, 11) is 3.36. The normalized spacial score (nSPS) is 11.9. The minimum Gasteiger partial charge on any atom is -0.508 e. The molecule has 0 unspecified atom stereocenters. The Balaban J connectivity index is 0.000000390. The number of aryl methyl sites for hydroxylation is 2. The topological polar surface area (TPSA) is 45.2 Å². The van der Waals surface area contributed by atoms with Gasteiger partial charge in [0.05, 0.1) is 20.8 Å². The molecule has 5 nitrogen and oxygen atoms in total. The van der Waals surface area contributed by atoms with Gasteiger partial charge in [0.25, 0.3) is 0 Å². The summed E-state index contributed by atoms with van der Waals surface area (Å²) >= 11 is 1.95. The molecular weight excluding hydrogens is 540 g/mol. The van der Waals surface area contributed by atoms with Gasteiger partial charge in [-0.25, -0.2) is 0 Å². The zero-order valence-corrected chi connectivity index (χ0v) is 27.3. The number of phenolic OH excluding ortho intramolecular Hbond substituents is 1. The van der Waals surface area contributed by atoms with Gasteiger partial charge >= 0.3 is 0 Å². The number of benzene rings is 2. The highest BCUT2D eigenvalue weighted by Crippen LogP contribution is 2.32. The van der Waals surface area contributed by atoms with Crippen LogP contribution in [0.4, 0.5) is 5.69 Å². The third-order valence-electron chi connectivity index (χ3n) is 7.55. The summed E-state index contributed by atoms with van der Waals surface area (Å²) < 4.78 is 10.8. The summed E-state index contributed by atoms with van der Waals surface area (Å²) in [6.45, 7) is 12.2. The molecule has 3 aromatic rings. The Labute approximate surface area is 259 Å². The Morgan fingerprint density at radius 1 is 0.786 bits per heavy atom. The minimum absolute atomic E-state index is 0.408. The van der Waals surface area contributed by atoms with Crippen LogP contribution in [0.5, 0.6) is 17.2 Å². The Bertz CT molecular complexity index is 1190. The molecule has 0 spiro atoms. The van der Waals surface area contributed by atoms with Gasteiger partial charge in [-0.3, -0.25) is 0 Å². The molecule has 1 aliphatic carbocycles. The summed E-state index contributed by atoms with van der Waals surface area (Å²) in [5.74, 6) is 1.95. The van der Waals surface area contributed by atoms with Crippen molar-refractivity contribution in [3.8, 4) is 30.1 Å². The summed E-state index contributed by atoms with van der Waals surface area (Å²) in [6.07, 6.45) is 17.9. The van der Waals surface area contributed by atoms with Crippen molar-refractivity contribution in [3.05, 3.63) is 69.4 Å². The summed E-state index contributed by atoms with van der Waals surface area (Å²) in [4.78, 5) is 7.89. The number of hydrogen-bond acceptors (Lipinski definition) is 6. The number of unbranched alkanes of at least 4 members (excludes halogenated alkanes) is 1. The largest absolute Gasteiger partial charge is 0.508 e. The Kier molecular flexibility index (Phi) is 16.6. The van der Waals surface area contributed by atoms with E-state index in [1.54, 1.807) is 20.3 Å². The van der Waals surface area contributed by atoms with Gasteiger partial charge in [0.1, 0.15) is 5.75 Å². The highest BCUT2D eigenvalue weighted by Gasteiger charge is 2.12. The van der Waals surface area contributed by atoms with Gasteiger partial charge in [-0.05, 0) is 112 Å². The number of thiophene rings is 1. The van der Waals surface area contributed by atoms with E-state index in [1.165, 1.54) is 79.0 Å². The molecule has 6 heteroatoms. The smallest absolute Gasteiger partial charge is 0.162 e. The van der Waals surface area contributed by atoms with Crippen LogP contribution in [0.3, 0.4) is 0 Å². The van der Waals surface area contributed by atoms with Gasteiger partial charge < -0.3 is 24.4 Å². The Hall–Kier alpha value is -3.14. The predicted molar refractivity (Wildman–Crippen MR) is 181 cm³/mol. The number of rotatable bonds is 14. The fourth-order valence-corrected chi connectivity index (χ4v) is 6.28. The van der Waals surface area contributed by atoms with Gasteiger partial charge in [0.15, 0.2) is 11.5 Å². The first-order valence-corrected chi connectivity index (χ1v) is 16.2. The summed E-state index contributed by atoms with van der Waals surface area (Å²) in [5.41, 5.74) is 3.93. The molecule has 1 aromatic heterocycles. The fourth-order valence-electron chi connectivity index (χ4n) is 5.26. The molecule has 4 rings (SSSR count). The SMILES string of the molecule is C#C.CCCCN(CCC)CCc1ccc(CN(CC)c2ccc(OC)c(OC)c2)s1.Oc1ccc2c(c1)CCCC2. The minimum atomic E-state index is 0.408. The first-order valence-electron chi connectivity index (χ1n) is 15.4. The van der Waals surface area contributed by atoms with Crippen molar-refractivity contribution >= 4 is 17.0 Å². The van der Waals surface area contributed by atoms with Crippen molar-refractivity contribution in [1.82, 2.24) is 4.90 Å². The lowest BCUT2D eigenvalue weighted by Gasteiger charge is -2.23. The molecule has 230 valence electrons. The maximum absolute atomic E-state index is 9.19. The van der Waals surface area contributed by atoms with Crippen LogP contribution in [0.1, 0.15) is 73.8 Å². The highest BCUT2D eigenvalue weighted by molar-refractivity contribution is 7.12. The van der Waals surface area contributed by atoms with Crippen LogP contribution < -0.4 is 14.4 Å². The third kappa shape index (κ3) is 11.3. The van der Waals surface area contributed by atoms with E-state index >= 15 is 0 Å². The molecule has 0 aliphatic heterocycles. The number of methoxy groups -OCH3 is 2. The van der Waals surface area contributed by atoms with Crippen molar-refractivity contribution in [2.45, 2.75) is 78.7 Å². The second-order valence-corrected chi connectivity index (χ2v) is 11.8. The average Bonchev–Trinajstić information content (AvgIpc) is 3.49. The molecule has 0 atom stereocenters. The first kappa shape index (κ1) is 35.1. The van der Waals surface area contributed by atoms with E-state index in [1.807, 2.05) is 29.5 Å². The van der Waals surface area contributed by atoms with E-state index in [0.717, 1.165) is 43.1 Å². The van der Waals surface area contributed by atoms with Crippen LogP contribution in [0, 0.1) is 12.8 Å². The van der Waals surface area contributed by atoms with Gasteiger partial charge in [0, 0.05) is 34.6 Å². The number of phenols is 1. The van der Waals surface area contributed by atoms with E-state index < -0.39 is 0 Å². The zero-order valence-electron chi connectivity index (χ0n) is 26.5. The van der Waals surface area contributed by atoms with E-state index in [2.05, 4.69) is 67.7 Å². The summed E-state index contributed by atoms with van der Waals surface area (Å²) in [5, 5.41) is 9.19. The first-order chi connectivity index (χ1) is 20.5. The Morgan fingerprint density at radius 2 is 1.50 bits per heavy atom. The van der Waals surface area contributed by atoms with Crippen LogP contribution in [0.2, 0.25) is 0 Å². The number of fused-ring (bicyclic) bond motifs is 1. The predicted octanol–water partition coefficient (Wildman–Crippen LogP) is 8.37. The van der Waals surface area contributed by atoms with Crippen LogP contribution in [0.15, 0.2) is 48.5 Å². The molecule has 0 amide bonds. The van der Waals surface area contributed by atoms with Crippen LogP contribution in [0.25, 0.3) is 0 Å². The van der Waals surface area contributed by atoms with E-state index in [0.29, 0.717) is 5.75 Å². The molecule has 0 saturated carbocycles. The molecule has 2 aromatic carbocycles. The number of terminal acetylenes is 1. The molecule has 1 heterocycles. The molecule has 0 radical (unpaired) electrons. The molecule has 0 saturated heterocycles. The van der Waals surface area contributed by atoms with Gasteiger partial charge in [0.2, 0.25) is 0 Å². The van der Waals surface area contributed by atoms with Gasteiger partial charge in [-0.2, -0.15) is 0 Å². The highest BCUT2D eigenvalue weighted by atomic mass is 32.1. The lowest BCUT2D eigenvalue weighted by Crippen LogP contribution is -2.27. The van der Waals surface area contributed by atoms with Crippen molar-refractivity contribution in [2.24, 2.45) is 0 Å². The summed E-state index contributed by atoms with van der Waals surface area (Å²) in [6, 6.07) is 16.5. The van der Waals surface area contributed by atoms with Crippen molar-refractivity contribution in [3.63, 3.8) is 0 Å². The van der Waals surface area contributed by atoms with Crippen molar-refractivity contribution < 1.29 is 14.6 Å². The van der Waals surface area contributed by atoms with Crippen LogP contribution in [-0.4, -0.2) is 50.4 Å². The fraction of sp³-hybridized carbons (Fsp3) is 0.500. The second kappa shape index (κ2) is 19.9. The molecule has 1 N–H and O–H groups in total. The van der Waals surface area contributed by atoms with Crippen molar-refractivity contribution in [2.75, 3.05) is 45.3 Å². The number of hydrogen-bond donors (Lipinski definition) is 1. The molecule has 0 bridgehead atoms. The monoisotopic (exact) mass is 592 g/mol. The zero-order chi connectivity index (χ0) is 30.7. The van der Waals surface area contributed by atoms with Crippen molar-refractivity contribution in [1.29, 1.82) is 0 Å². The second-order valence-electron chi connectivity index (χ2n) is 10.5. The standard InChI is InChI=1S/C24H38N2O2S.C10H12O.C2H2/c1-6-9-16-25(15-7-2)17-14-21-11-12-22(29-21)19-26(8-3)20-10-13-23(27-4)24(18-20)28-5;11-10-6-5-8-3-1-2-4-9(8)7-10;1-2/h10-13,18H,6-9,14-17,19H2,1-5H3;5-7,11H,1-4H2;1-2H.